The molecule has 9 heteroatoms. The van der Waals surface area contributed by atoms with Crippen molar-refractivity contribution in [3.63, 3.8) is 0 Å². The lowest BCUT2D eigenvalue weighted by Crippen LogP contribution is -2.27. The van der Waals surface area contributed by atoms with E-state index in [4.69, 9.17) is 0 Å². The Balaban J connectivity index is 1.90. The smallest absolute Gasteiger partial charge is 0.345 e. The molecule has 3 aromatic rings. The number of aromatic nitrogens is 4. The van der Waals surface area contributed by atoms with Crippen molar-refractivity contribution in [2.24, 2.45) is 0 Å². The molecule has 0 saturated carbocycles. The Hall–Kier alpha value is -3.23. The van der Waals surface area contributed by atoms with Crippen LogP contribution < -0.4 is 5.32 Å². The van der Waals surface area contributed by atoms with Crippen LogP contribution in [-0.4, -0.2) is 25.7 Å². The van der Waals surface area contributed by atoms with Gasteiger partial charge in [0.05, 0.1) is 29.1 Å². The van der Waals surface area contributed by atoms with Gasteiger partial charge in [-0.05, 0) is 42.7 Å². The van der Waals surface area contributed by atoms with Crippen molar-refractivity contribution in [3.8, 4) is 5.82 Å². The highest BCUT2D eigenvalue weighted by atomic mass is 19.4. The standard InChI is InChI=1S/C20H20F3N5O/c1-12(2)18-16(19(29)27-13(3)14-6-8-24-9-7-14)11-26-28(18)17-5-4-15(10-25-17)20(21,22)23/h4-13H,1-3H3,(H,27,29)/t13-/m1/s1. The maximum absolute atomic E-state index is 12.8. The summed E-state index contributed by atoms with van der Waals surface area (Å²) in [5.41, 5.74) is 0.971. The lowest BCUT2D eigenvalue weighted by atomic mass is 10.0. The van der Waals surface area contributed by atoms with Gasteiger partial charge in [-0.15, -0.1) is 0 Å². The predicted octanol–water partition coefficient (Wildman–Crippen LogP) is 4.30. The van der Waals surface area contributed by atoms with Gasteiger partial charge in [-0.2, -0.15) is 18.3 Å². The maximum Gasteiger partial charge on any atom is 0.417 e. The highest BCUT2D eigenvalue weighted by Gasteiger charge is 2.31. The van der Waals surface area contributed by atoms with Crippen LogP contribution in [0.4, 0.5) is 13.2 Å². The largest absolute Gasteiger partial charge is 0.417 e. The highest BCUT2D eigenvalue weighted by Crippen LogP contribution is 2.29. The summed E-state index contributed by atoms with van der Waals surface area (Å²) in [6.07, 6.45) is 0.984. The molecule has 0 aliphatic heterocycles. The molecule has 0 fully saturated rings. The number of carbonyl (C=O) groups is 1. The zero-order valence-electron chi connectivity index (χ0n) is 16.1. The number of alkyl halides is 3. The number of nitrogens with one attached hydrogen (secondary N) is 1. The van der Waals surface area contributed by atoms with Crippen molar-refractivity contribution in [2.45, 2.75) is 38.9 Å². The normalized spacial score (nSPS) is 12.8. The number of halogens is 3. The van der Waals surface area contributed by atoms with Crippen LogP contribution in [0.2, 0.25) is 0 Å². The second-order valence-electron chi connectivity index (χ2n) is 6.89. The van der Waals surface area contributed by atoms with Gasteiger partial charge >= 0.3 is 6.18 Å². The minimum atomic E-state index is -4.47. The molecule has 3 aromatic heterocycles. The number of nitrogens with zero attached hydrogens (tertiary/aromatic N) is 4. The van der Waals surface area contributed by atoms with Gasteiger partial charge in [-0.1, -0.05) is 13.8 Å². The van der Waals surface area contributed by atoms with Crippen LogP contribution in [0.25, 0.3) is 5.82 Å². The van der Waals surface area contributed by atoms with Crippen LogP contribution in [0.15, 0.2) is 49.1 Å². The van der Waals surface area contributed by atoms with E-state index in [0.29, 0.717) is 11.3 Å². The molecule has 0 aliphatic rings. The van der Waals surface area contributed by atoms with E-state index in [1.807, 2.05) is 32.9 Å². The molecule has 1 amide bonds. The molecule has 152 valence electrons. The van der Waals surface area contributed by atoms with Gasteiger partial charge in [0, 0.05) is 18.6 Å². The monoisotopic (exact) mass is 403 g/mol. The van der Waals surface area contributed by atoms with Crippen LogP contribution in [0, 0.1) is 0 Å². The molecule has 6 nitrogen and oxygen atoms in total. The SMILES string of the molecule is CC(C)c1c(C(=O)N[C@H](C)c2ccncc2)cnn1-c1ccc(C(F)(F)F)cn1. The fourth-order valence-corrected chi connectivity index (χ4v) is 2.96. The van der Waals surface area contributed by atoms with Gasteiger partial charge in [0.25, 0.3) is 5.91 Å². The van der Waals surface area contributed by atoms with E-state index in [1.165, 1.54) is 16.9 Å². The van der Waals surface area contributed by atoms with Gasteiger partial charge in [0.15, 0.2) is 5.82 Å². The van der Waals surface area contributed by atoms with Gasteiger partial charge in [0.1, 0.15) is 0 Å². The summed E-state index contributed by atoms with van der Waals surface area (Å²) < 4.78 is 39.7. The van der Waals surface area contributed by atoms with E-state index in [9.17, 15) is 18.0 Å². The number of hydrogen-bond acceptors (Lipinski definition) is 4. The Morgan fingerprint density at radius 1 is 1.07 bits per heavy atom. The van der Waals surface area contributed by atoms with Crippen LogP contribution in [0.5, 0.6) is 0 Å². The first-order valence-electron chi connectivity index (χ1n) is 9.00. The highest BCUT2D eigenvalue weighted by molar-refractivity contribution is 5.95. The van der Waals surface area contributed by atoms with Crippen molar-refractivity contribution in [1.82, 2.24) is 25.1 Å². The number of carbonyl (C=O) groups excluding carboxylic acids is 1. The third-order valence-electron chi connectivity index (χ3n) is 4.44. The summed E-state index contributed by atoms with van der Waals surface area (Å²) in [6, 6.07) is 5.55. The van der Waals surface area contributed by atoms with E-state index in [2.05, 4.69) is 20.4 Å². The fourth-order valence-electron chi connectivity index (χ4n) is 2.96. The number of amides is 1. The Bertz CT molecular complexity index is 982. The second-order valence-corrected chi connectivity index (χ2v) is 6.89. The van der Waals surface area contributed by atoms with Crippen LogP contribution in [0.3, 0.4) is 0 Å². The molecule has 0 saturated heterocycles. The van der Waals surface area contributed by atoms with Crippen LogP contribution >= 0.6 is 0 Å². The molecule has 3 rings (SSSR count). The molecule has 0 spiro atoms. The Morgan fingerprint density at radius 2 is 1.76 bits per heavy atom. The first-order valence-corrected chi connectivity index (χ1v) is 9.00. The summed E-state index contributed by atoms with van der Waals surface area (Å²) in [4.78, 5) is 20.7. The number of hydrogen-bond donors (Lipinski definition) is 1. The summed E-state index contributed by atoms with van der Waals surface area (Å²) in [5, 5.41) is 7.12. The van der Waals surface area contributed by atoms with E-state index in [0.717, 1.165) is 17.8 Å². The van der Waals surface area contributed by atoms with Gasteiger partial charge in [0.2, 0.25) is 0 Å². The first-order chi connectivity index (χ1) is 13.7. The summed E-state index contributed by atoms with van der Waals surface area (Å²) in [6.45, 7) is 5.60. The minimum absolute atomic E-state index is 0.112. The molecule has 29 heavy (non-hydrogen) atoms. The third kappa shape index (κ3) is 4.44. The molecule has 0 bridgehead atoms. The molecule has 0 aliphatic carbocycles. The van der Waals surface area contributed by atoms with Crippen LogP contribution in [-0.2, 0) is 6.18 Å². The molecule has 1 N–H and O–H groups in total. The molecule has 3 heterocycles. The van der Waals surface area contributed by atoms with Gasteiger partial charge in [-0.3, -0.25) is 9.78 Å². The Morgan fingerprint density at radius 3 is 2.31 bits per heavy atom. The second kappa shape index (κ2) is 8.02. The average Bonchev–Trinajstić information content (AvgIpc) is 3.13. The van der Waals surface area contributed by atoms with Crippen molar-refractivity contribution in [2.75, 3.05) is 0 Å². The fraction of sp³-hybridized carbons (Fsp3) is 0.300. The zero-order valence-corrected chi connectivity index (χ0v) is 16.1. The van der Waals surface area contributed by atoms with Gasteiger partial charge < -0.3 is 5.32 Å². The maximum atomic E-state index is 12.8. The summed E-state index contributed by atoms with van der Waals surface area (Å²) in [7, 11) is 0. The summed E-state index contributed by atoms with van der Waals surface area (Å²) in [5.74, 6) is -0.224. The summed E-state index contributed by atoms with van der Waals surface area (Å²) >= 11 is 0. The molecule has 0 radical (unpaired) electrons. The number of pyridine rings is 2. The van der Waals surface area contributed by atoms with E-state index >= 15 is 0 Å². The molecule has 0 aromatic carbocycles. The molecular formula is C20H20F3N5O. The average molecular weight is 403 g/mol. The Labute approximate surface area is 165 Å². The quantitative estimate of drug-likeness (QED) is 0.690. The van der Waals surface area contributed by atoms with Crippen molar-refractivity contribution in [1.29, 1.82) is 0 Å². The Kier molecular flexibility index (Phi) is 5.67. The van der Waals surface area contributed by atoms with Gasteiger partial charge in [-0.25, -0.2) is 9.67 Å². The minimum Gasteiger partial charge on any atom is -0.345 e. The molecule has 0 unspecified atom stereocenters. The van der Waals surface area contributed by atoms with E-state index in [1.54, 1.807) is 12.4 Å². The van der Waals surface area contributed by atoms with Crippen LogP contribution in [0.1, 0.15) is 59.9 Å². The zero-order chi connectivity index (χ0) is 21.2. The van der Waals surface area contributed by atoms with E-state index < -0.39 is 11.7 Å². The third-order valence-corrected chi connectivity index (χ3v) is 4.44. The number of rotatable bonds is 5. The van der Waals surface area contributed by atoms with Crippen molar-refractivity contribution < 1.29 is 18.0 Å². The topological polar surface area (TPSA) is 72.7 Å². The lowest BCUT2D eigenvalue weighted by molar-refractivity contribution is -0.137. The molecular weight excluding hydrogens is 383 g/mol. The van der Waals surface area contributed by atoms with Crippen molar-refractivity contribution in [3.05, 3.63) is 71.4 Å². The molecule has 1 atom stereocenters. The first kappa shape index (κ1) is 20.5. The van der Waals surface area contributed by atoms with E-state index in [-0.39, 0.29) is 23.7 Å². The lowest BCUT2D eigenvalue weighted by Gasteiger charge is -2.16. The predicted molar refractivity (Wildman–Crippen MR) is 101 cm³/mol. The van der Waals surface area contributed by atoms with Crippen molar-refractivity contribution >= 4 is 5.91 Å².